The van der Waals surface area contributed by atoms with Gasteiger partial charge >= 0.3 is 0 Å². The molecule has 2 aliphatic carbocycles. The van der Waals surface area contributed by atoms with Gasteiger partial charge in [-0.2, -0.15) is 0 Å². The van der Waals surface area contributed by atoms with E-state index in [0.29, 0.717) is 28.9 Å². The molecule has 4 aromatic carbocycles. The van der Waals surface area contributed by atoms with Crippen molar-refractivity contribution in [3.8, 4) is 23.0 Å². The highest BCUT2D eigenvalue weighted by atomic mass is 16.3. The van der Waals surface area contributed by atoms with Gasteiger partial charge in [-0.25, -0.2) is 0 Å². The first-order chi connectivity index (χ1) is 24.4. The summed E-state index contributed by atoms with van der Waals surface area (Å²) < 4.78 is 0. The number of rotatable bonds is 5. The molecule has 0 saturated heterocycles. The van der Waals surface area contributed by atoms with E-state index in [1.807, 2.05) is 20.8 Å². The van der Waals surface area contributed by atoms with Crippen molar-refractivity contribution in [2.45, 2.75) is 151 Å². The molecular formula is C48H62O4. The number of aromatic hydroxyl groups is 4. The van der Waals surface area contributed by atoms with Crippen molar-refractivity contribution in [2.24, 2.45) is 5.92 Å². The summed E-state index contributed by atoms with van der Waals surface area (Å²) in [5, 5.41) is 45.8. The number of hydrogen-bond donors (Lipinski definition) is 4. The van der Waals surface area contributed by atoms with E-state index in [0.717, 1.165) is 98.9 Å². The van der Waals surface area contributed by atoms with E-state index >= 15 is 0 Å². The fourth-order valence-electron chi connectivity index (χ4n) is 11.3. The van der Waals surface area contributed by atoms with Crippen LogP contribution in [0.4, 0.5) is 0 Å². The van der Waals surface area contributed by atoms with Crippen LogP contribution in [-0.4, -0.2) is 20.4 Å². The van der Waals surface area contributed by atoms with Crippen LogP contribution in [0, 0.1) is 89.0 Å². The van der Waals surface area contributed by atoms with E-state index in [1.54, 1.807) is 0 Å². The van der Waals surface area contributed by atoms with Gasteiger partial charge in [0, 0.05) is 10.8 Å². The molecule has 0 amide bonds. The summed E-state index contributed by atoms with van der Waals surface area (Å²) >= 11 is 0. The van der Waals surface area contributed by atoms with Gasteiger partial charge in [-0.05, 0) is 210 Å². The van der Waals surface area contributed by atoms with Crippen LogP contribution < -0.4 is 0 Å². The summed E-state index contributed by atoms with van der Waals surface area (Å²) in [7, 11) is 0. The number of phenolic OH excluding ortho intramolecular Hbond substituents is 4. The maximum absolute atomic E-state index is 11.5. The summed E-state index contributed by atoms with van der Waals surface area (Å²) in [6.45, 7) is 25.3. The van der Waals surface area contributed by atoms with Gasteiger partial charge in [0.05, 0.1) is 0 Å². The molecule has 2 saturated carbocycles. The lowest BCUT2D eigenvalue weighted by Crippen LogP contribution is -2.61. The molecule has 0 aliphatic heterocycles. The molecular weight excluding hydrogens is 641 g/mol. The molecule has 4 N–H and O–H groups in total. The van der Waals surface area contributed by atoms with Gasteiger partial charge in [-0.3, -0.25) is 0 Å². The van der Waals surface area contributed by atoms with E-state index < -0.39 is 10.8 Å². The molecule has 278 valence electrons. The Hall–Kier alpha value is -3.92. The molecule has 4 heteroatoms. The monoisotopic (exact) mass is 702 g/mol. The molecule has 0 radical (unpaired) electrons. The van der Waals surface area contributed by atoms with Crippen molar-refractivity contribution >= 4 is 0 Å². The Balaban J connectivity index is 2.00. The van der Waals surface area contributed by atoms with Crippen LogP contribution in [-0.2, 0) is 10.8 Å². The first-order valence-electron chi connectivity index (χ1n) is 19.6. The van der Waals surface area contributed by atoms with E-state index in [4.69, 9.17) is 0 Å². The number of aryl methyl sites for hydroxylation is 4. The lowest BCUT2D eigenvalue weighted by Gasteiger charge is -2.64. The second-order valence-electron chi connectivity index (χ2n) is 17.0. The van der Waals surface area contributed by atoms with Crippen LogP contribution in [0.25, 0.3) is 0 Å². The Bertz CT molecular complexity index is 2010. The third-order valence-corrected chi connectivity index (χ3v) is 14.6. The quantitative estimate of drug-likeness (QED) is 0.167. The number of phenols is 4. The third-order valence-electron chi connectivity index (χ3n) is 14.6. The molecule has 2 fully saturated rings. The summed E-state index contributed by atoms with van der Waals surface area (Å²) in [4.78, 5) is 0. The minimum absolute atomic E-state index is 0.000854. The molecule has 0 aromatic heterocycles. The van der Waals surface area contributed by atoms with Crippen LogP contribution in [0.2, 0.25) is 0 Å². The highest BCUT2D eigenvalue weighted by molar-refractivity contribution is 5.67. The Morgan fingerprint density at radius 3 is 1.27 bits per heavy atom. The fourth-order valence-corrected chi connectivity index (χ4v) is 11.3. The van der Waals surface area contributed by atoms with E-state index in [9.17, 15) is 20.4 Å². The predicted octanol–water partition coefficient (Wildman–Crippen LogP) is 12.0. The predicted molar refractivity (Wildman–Crippen MR) is 215 cm³/mol. The lowest BCUT2D eigenvalue weighted by molar-refractivity contribution is 0.0564. The van der Waals surface area contributed by atoms with Gasteiger partial charge < -0.3 is 20.4 Å². The maximum atomic E-state index is 11.5. The van der Waals surface area contributed by atoms with Crippen molar-refractivity contribution in [3.05, 3.63) is 113 Å². The zero-order chi connectivity index (χ0) is 38.2. The van der Waals surface area contributed by atoms with Crippen LogP contribution in [0.3, 0.4) is 0 Å². The molecule has 52 heavy (non-hydrogen) atoms. The highest BCUT2D eigenvalue weighted by Gasteiger charge is 2.65. The summed E-state index contributed by atoms with van der Waals surface area (Å²) in [5.41, 5.74) is 15.7. The van der Waals surface area contributed by atoms with Crippen molar-refractivity contribution in [1.29, 1.82) is 0 Å². The Labute approximate surface area is 313 Å². The highest BCUT2D eigenvalue weighted by Crippen LogP contribution is 2.70. The largest absolute Gasteiger partial charge is 0.507 e. The van der Waals surface area contributed by atoms with Gasteiger partial charge in [0.15, 0.2) is 0 Å². The van der Waals surface area contributed by atoms with E-state index in [-0.39, 0.29) is 5.92 Å². The topological polar surface area (TPSA) is 80.9 Å². The van der Waals surface area contributed by atoms with Crippen LogP contribution >= 0.6 is 0 Å². The van der Waals surface area contributed by atoms with Gasteiger partial charge in [-0.15, -0.1) is 0 Å². The number of benzene rings is 4. The molecule has 0 bridgehead atoms. The first-order valence-corrected chi connectivity index (χ1v) is 19.6. The molecule has 2 aliphatic rings. The zero-order valence-electron chi connectivity index (χ0n) is 33.9. The van der Waals surface area contributed by atoms with Crippen molar-refractivity contribution < 1.29 is 20.4 Å². The Morgan fingerprint density at radius 1 is 0.423 bits per heavy atom. The Morgan fingerprint density at radius 2 is 0.808 bits per heavy atom. The van der Waals surface area contributed by atoms with Crippen LogP contribution in [0.15, 0.2) is 24.3 Å². The maximum Gasteiger partial charge on any atom is 0.121 e. The summed E-state index contributed by atoms with van der Waals surface area (Å²) in [6, 6.07) is 9.19. The molecule has 4 nitrogen and oxygen atoms in total. The van der Waals surface area contributed by atoms with E-state index in [2.05, 4.69) is 86.6 Å². The molecule has 0 spiro atoms. The van der Waals surface area contributed by atoms with Crippen LogP contribution in [0.1, 0.15) is 146 Å². The Kier molecular flexibility index (Phi) is 9.81. The van der Waals surface area contributed by atoms with Crippen molar-refractivity contribution in [1.82, 2.24) is 0 Å². The zero-order valence-corrected chi connectivity index (χ0v) is 33.9. The normalized spacial score (nSPS) is 20.7. The molecule has 4 aromatic rings. The lowest BCUT2D eigenvalue weighted by atomic mass is 9.38. The third kappa shape index (κ3) is 5.21. The van der Waals surface area contributed by atoms with E-state index in [1.165, 1.54) is 41.5 Å². The van der Waals surface area contributed by atoms with Crippen molar-refractivity contribution in [3.63, 3.8) is 0 Å². The standard InChI is InChI=1S/C48H62O4/c1-25-21-38(29(5)33(9)43(25)49)39-19-16-20-47(37-17-14-13-15-18-37,40-22-26(2)44(50)34(10)30(40)6)48(39,41-23-27(3)45(51)35(11)31(41)7)42-24-28(4)46(52)36(12)32(42)8/h21-24,37,39,49-52H,13-20H2,1-12H3. The summed E-state index contributed by atoms with van der Waals surface area (Å²) in [5.74, 6) is 1.77. The van der Waals surface area contributed by atoms with Gasteiger partial charge in [0.1, 0.15) is 23.0 Å². The molecule has 0 heterocycles. The molecule has 6 rings (SSSR count). The van der Waals surface area contributed by atoms with Crippen LogP contribution in [0.5, 0.6) is 23.0 Å². The second-order valence-corrected chi connectivity index (χ2v) is 17.0. The van der Waals surface area contributed by atoms with Gasteiger partial charge in [0.2, 0.25) is 0 Å². The average Bonchev–Trinajstić information content (AvgIpc) is 3.14. The SMILES string of the molecule is Cc1cc(C2CCCC(c3cc(C)c(O)c(C)c3C)(C3CCCCC3)C2(c2cc(C)c(O)c(C)c2C)c2cc(C)c(O)c(C)c2C)c(C)c(C)c1O. The van der Waals surface area contributed by atoms with Crippen molar-refractivity contribution in [2.75, 3.05) is 0 Å². The minimum Gasteiger partial charge on any atom is -0.507 e. The average molecular weight is 703 g/mol. The smallest absolute Gasteiger partial charge is 0.121 e. The number of hydrogen-bond acceptors (Lipinski definition) is 4. The first kappa shape index (κ1) is 37.8. The second kappa shape index (κ2) is 13.5. The van der Waals surface area contributed by atoms with Gasteiger partial charge in [-0.1, -0.05) is 49.9 Å². The van der Waals surface area contributed by atoms with Gasteiger partial charge in [0.25, 0.3) is 0 Å². The summed E-state index contributed by atoms with van der Waals surface area (Å²) in [6.07, 6.45) is 8.78. The molecule has 2 atom stereocenters. The minimum atomic E-state index is -0.658. The fraction of sp³-hybridized carbons (Fsp3) is 0.500. The molecule has 2 unspecified atom stereocenters.